The van der Waals surface area contributed by atoms with Crippen LogP contribution in [0.2, 0.25) is 5.02 Å². The summed E-state index contributed by atoms with van der Waals surface area (Å²) in [6, 6.07) is 4.00. The summed E-state index contributed by atoms with van der Waals surface area (Å²) in [6.07, 6.45) is 1.06. The van der Waals surface area contributed by atoms with E-state index in [0.29, 0.717) is 0 Å². The molecule has 0 aliphatic rings. The Morgan fingerprint density at radius 3 is 2.64 bits per heavy atom. The van der Waals surface area contributed by atoms with Crippen molar-refractivity contribution in [2.75, 3.05) is 0 Å². The average Bonchev–Trinajstić information content (AvgIpc) is 2.01. The molecule has 0 atom stereocenters. The number of rotatable bonds is 1. The Balaban J connectivity index is 3.25. The monoisotopic (exact) mass is 232 g/mol. The van der Waals surface area contributed by atoms with Crippen LogP contribution in [0.5, 0.6) is 0 Å². The first-order chi connectivity index (χ1) is 5.16. The molecule has 0 fully saturated rings. The highest BCUT2D eigenvalue weighted by Crippen LogP contribution is 2.28. The largest absolute Gasteiger partial charge is 0.0831 e. The Morgan fingerprint density at radius 1 is 1.45 bits per heavy atom. The minimum Gasteiger partial charge on any atom is -0.0831 e. The van der Waals surface area contributed by atoms with E-state index in [-0.39, 0.29) is 0 Å². The second-order valence-corrected chi connectivity index (χ2v) is 3.70. The van der Waals surface area contributed by atoms with Crippen molar-refractivity contribution in [3.8, 4) is 0 Å². The van der Waals surface area contributed by atoms with Crippen molar-refractivity contribution in [3.63, 3.8) is 0 Å². The molecule has 0 bridgehead atoms. The van der Waals surface area contributed by atoms with Gasteiger partial charge in [0.2, 0.25) is 0 Å². The number of hydrogen-bond acceptors (Lipinski definition) is 0. The lowest BCUT2D eigenvalue weighted by Crippen LogP contribution is -1.87. The van der Waals surface area contributed by atoms with Gasteiger partial charge in [0.15, 0.2) is 0 Å². The molecule has 0 aromatic heterocycles. The molecule has 0 nitrogen and oxygen atoms in total. The van der Waals surface area contributed by atoms with Gasteiger partial charge in [-0.05, 0) is 46.5 Å². The number of aryl methyl sites for hydroxylation is 1. The molecule has 0 saturated heterocycles. The van der Waals surface area contributed by atoms with Crippen molar-refractivity contribution in [2.45, 2.75) is 20.3 Å². The van der Waals surface area contributed by atoms with Crippen LogP contribution in [0.1, 0.15) is 18.1 Å². The van der Waals surface area contributed by atoms with E-state index in [0.717, 1.165) is 15.9 Å². The van der Waals surface area contributed by atoms with Gasteiger partial charge in [0, 0.05) is 4.47 Å². The summed E-state index contributed by atoms with van der Waals surface area (Å²) in [5.41, 5.74) is 2.60. The molecule has 0 N–H and O–H groups in total. The van der Waals surface area contributed by atoms with Gasteiger partial charge in [-0.15, -0.1) is 0 Å². The van der Waals surface area contributed by atoms with Crippen molar-refractivity contribution in [2.24, 2.45) is 0 Å². The Bertz CT molecular complexity index is 269. The van der Waals surface area contributed by atoms with E-state index in [1.54, 1.807) is 0 Å². The third-order valence-corrected chi connectivity index (χ3v) is 3.40. The minimum absolute atomic E-state index is 0.791. The maximum atomic E-state index is 5.90. The topological polar surface area (TPSA) is 0 Å². The fourth-order valence-electron chi connectivity index (χ4n) is 1.08. The lowest BCUT2D eigenvalue weighted by molar-refractivity contribution is 1.10. The first-order valence-corrected chi connectivity index (χ1v) is 4.77. The van der Waals surface area contributed by atoms with Crippen molar-refractivity contribution in [1.82, 2.24) is 0 Å². The smallest absolute Gasteiger partial charge is 0.0550 e. The van der Waals surface area contributed by atoms with E-state index in [2.05, 4.69) is 35.8 Å². The van der Waals surface area contributed by atoms with Crippen LogP contribution in [-0.2, 0) is 6.42 Å². The normalized spacial score (nSPS) is 10.2. The van der Waals surface area contributed by atoms with Gasteiger partial charge in [0.25, 0.3) is 0 Å². The lowest BCUT2D eigenvalue weighted by atomic mass is 10.1. The van der Waals surface area contributed by atoms with Crippen molar-refractivity contribution in [3.05, 3.63) is 32.8 Å². The molecule has 0 amide bonds. The van der Waals surface area contributed by atoms with E-state index < -0.39 is 0 Å². The number of halogens is 2. The molecule has 0 unspecified atom stereocenters. The summed E-state index contributed by atoms with van der Waals surface area (Å²) in [5, 5.41) is 0.791. The maximum absolute atomic E-state index is 5.90. The SMILES string of the molecule is CCc1ccc(Cl)c(Br)c1C. The molecule has 11 heavy (non-hydrogen) atoms. The van der Waals surface area contributed by atoms with Gasteiger partial charge in [-0.1, -0.05) is 24.6 Å². The summed E-state index contributed by atoms with van der Waals surface area (Å²) in [7, 11) is 0. The van der Waals surface area contributed by atoms with E-state index in [4.69, 9.17) is 11.6 Å². The molecule has 1 aromatic rings. The zero-order chi connectivity index (χ0) is 8.43. The average molecular weight is 234 g/mol. The summed E-state index contributed by atoms with van der Waals surface area (Å²) in [5.74, 6) is 0. The third-order valence-electron chi connectivity index (χ3n) is 1.83. The second kappa shape index (κ2) is 3.59. The molecule has 0 saturated carbocycles. The quantitative estimate of drug-likeness (QED) is 0.688. The minimum atomic E-state index is 0.791. The van der Waals surface area contributed by atoms with Crippen LogP contribution < -0.4 is 0 Å². The van der Waals surface area contributed by atoms with E-state index in [1.807, 2.05) is 6.07 Å². The van der Waals surface area contributed by atoms with Gasteiger partial charge in [-0.2, -0.15) is 0 Å². The summed E-state index contributed by atoms with van der Waals surface area (Å²) >= 11 is 9.33. The van der Waals surface area contributed by atoms with Crippen LogP contribution in [0.3, 0.4) is 0 Å². The van der Waals surface area contributed by atoms with Crippen molar-refractivity contribution < 1.29 is 0 Å². The van der Waals surface area contributed by atoms with Gasteiger partial charge >= 0.3 is 0 Å². The lowest BCUT2D eigenvalue weighted by Gasteiger charge is -2.05. The molecule has 0 spiro atoms. The van der Waals surface area contributed by atoms with Gasteiger partial charge < -0.3 is 0 Å². The zero-order valence-corrected chi connectivity index (χ0v) is 8.96. The van der Waals surface area contributed by atoms with Crippen molar-refractivity contribution >= 4 is 27.5 Å². The standard InChI is InChI=1S/C9H10BrCl/c1-3-7-4-5-8(11)9(10)6(7)2/h4-5H,3H2,1-2H3. The predicted molar refractivity (Wildman–Crippen MR) is 53.3 cm³/mol. The van der Waals surface area contributed by atoms with E-state index in [9.17, 15) is 0 Å². The van der Waals surface area contributed by atoms with E-state index in [1.165, 1.54) is 11.1 Å². The highest BCUT2D eigenvalue weighted by Gasteiger charge is 2.03. The van der Waals surface area contributed by atoms with Gasteiger partial charge in [0.05, 0.1) is 5.02 Å². The summed E-state index contributed by atoms with van der Waals surface area (Å²) in [6.45, 7) is 4.22. The molecule has 1 rings (SSSR count). The molecule has 0 aliphatic heterocycles. The van der Waals surface area contributed by atoms with Crippen molar-refractivity contribution in [1.29, 1.82) is 0 Å². The van der Waals surface area contributed by atoms with Crippen LogP contribution in [0.25, 0.3) is 0 Å². The van der Waals surface area contributed by atoms with Crippen LogP contribution >= 0.6 is 27.5 Å². The van der Waals surface area contributed by atoms with Crippen LogP contribution in [0.15, 0.2) is 16.6 Å². The maximum Gasteiger partial charge on any atom is 0.0550 e. The fourth-order valence-corrected chi connectivity index (χ4v) is 1.67. The number of hydrogen-bond donors (Lipinski definition) is 0. The zero-order valence-electron chi connectivity index (χ0n) is 6.62. The number of benzene rings is 1. The summed E-state index contributed by atoms with van der Waals surface area (Å²) < 4.78 is 1.03. The Hall–Kier alpha value is -0.0100. The highest BCUT2D eigenvalue weighted by atomic mass is 79.9. The second-order valence-electron chi connectivity index (χ2n) is 2.50. The first kappa shape index (κ1) is 9.08. The van der Waals surface area contributed by atoms with Crippen LogP contribution in [0, 0.1) is 6.92 Å². The Morgan fingerprint density at radius 2 is 2.09 bits per heavy atom. The first-order valence-electron chi connectivity index (χ1n) is 3.60. The third kappa shape index (κ3) is 1.77. The summed E-state index contributed by atoms with van der Waals surface area (Å²) in [4.78, 5) is 0. The van der Waals surface area contributed by atoms with Crippen LogP contribution in [0.4, 0.5) is 0 Å². The molecular formula is C9H10BrCl. The van der Waals surface area contributed by atoms with Crippen LogP contribution in [-0.4, -0.2) is 0 Å². The molecular weight excluding hydrogens is 223 g/mol. The molecule has 60 valence electrons. The highest BCUT2D eigenvalue weighted by molar-refractivity contribution is 9.10. The van der Waals surface area contributed by atoms with Gasteiger partial charge in [0.1, 0.15) is 0 Å². The molecule has 2 heteroatoms. The predicted octanol–water partition coefficient (Wildman–Crippen LogP) is 3.97. The van der Waals surface area contributed by atoms with Gasteiger partial charge in [-0.25, -0.2) is 0 Å². The molecule has 0 heterocycles. The molecule has 0 aliphatic carbocycles. The fraction of sp³-hybridized carbons (Fsp3) is 0.333. The molecule has 1 aromatic carbocycles. The van der Waals surface area contributed by atoms with Gasteiger partial charge in [-0.3, -0.25) is 0 Å². The molecule has 0 radical (unpaired) electrons. The Kier molecular flexibility index (Phi) is 2.97. The van der Waals surface area contributed by atoms with E-state index >= 15 is 0 Å². The Labute approximate surface area is 80.7 Å².